The van der Waals surface area contributed by atoms with E-state index in [9.17, 15) is 4.79 Å². The van der Waals surface area contributed by atoms with E-state index in [1.165, 1.54) is 12.0 Å². The topological polar surface area (TPSA) is 59.4 Å². The van der Waals surface area contributed by atoms with E-state index in [1.807, 2.05) is 33.8 Å². The number of benzene rings is 2. The molecular weight excluding hydrogens is 424 g/mol. The van der Waals surface area contributed by atoms with Gasteiger partial charge in [-0.05, 0) is 69.2 Å². The molecule has 0 bridgehead atoms. The molecule has 6 nitrogen and oxygen atoms in total. The molecule has 1 aromatic heterocycles. The number of methoxy groups -OCH3 is 1. The minimum atomic E-state index is 0.0857. The van der Waals surface area contributed by atoms with Gasteiger partial charge < -0.3 is 15.0 Å². The molecule has 1 aliphatic heterocycles. The van der Waals surface area contributed by atoms with Crippen LogP contribution in [-0.2, 0) is 19.3 Å². The third-order valence-electron chi connectivity index (χ3n) is 7.10. The largest absolute Gasteiger partial charge is 0.497 e. The number of piperidine rings is 1. The van der Waals surface area contributed by atoms with Crippen LogP contribution in [0.1, 0.15) is 53.0 Å². The Balaban J connectivity index is 1.40. The van der Waals surface area contributed by atoms with Gasteiger partial charge in [-0.25, -0.2) is 4.68 Å². The molecule has 2 aromatic carbocycles. The normalized spacial score (nSPS) is 17.9. The van der Waals surface area contributed by atoms with Crippen LogP contribution >= 0.6 is 0 Å². The van der Waals surface area contributed by atoms with Gasteiger partial charge in [0.2, 0.25) is 0 Å². The molecule has 0 radical (unpaired) electrons. The average molecular weight is 459 g/mol. The molecular formula is C28H34N4O2. The van der Waals surface area contributed by atoms with Crippen molar-refractivity contribution in [1.82, 2.24) is 20.0 Å². The Morgan fingerprint density at radius 1 is 1.09 bits per heavy atom. The maximum Gasteiger partial charge on any atom is 0.274 e. The fourth-order valence-corrected chi connectivity index (χ4v) is 5.23. The lowest BCUT2D eigenvalue weighted by Gasteiger charge is -2.27. The first-order chi connectivity index (χ1) is 16.7. The van der Waals surface area contributed by atoms with Crippen LogP contribution in [0.25, 0.3) is 5.69 Å². The summed E-state index contributed by atoms with van der Waals surface area (Å²) < 4.78 is 7.42. The lowest BCUT2D eigenvalue weighted by atomic mass is 9.90. The van der Waals surface area contributed by atoms with Gasteiger partial charge in [0.05, 0.1) is 12.8 Å². The fourth-order valence-electron chi connectivity index (χ4n) is 5.23. The zero-order valence-corrected chi connectivity index (χ0v) is 20.0. The van der Waals surface area contributed by atoms with Crippen LogP contribution in [0.2, 0.25) is 0 Å². The van der Waals surface area contributed by atoms with Crippen molar-refractivity contribution in [2.24, 2.45) is 0 Å². The Bertz CT molecular complexity index is 1120. The minimum absolute atomic E-state index is 0.0857. The second-order valence-electron chi connectivity index (χ2n) is 9.37. The van der Waals surface area contributed by atoms with Crippen LogP contribution in [-0.4, -0.2) is 53.4 Å². The van der Waals surface area contributed by atoms with Crippen molar-refractivity contribution in [3.05, 3.63) is 77.1 Å². The van der Waals surface area contributed by atoms with E-state index in [1.54, 1.807) is 7.11 Å². The van der Waals surface area contributed by atoms with Crippen molar-refractivity contribution in [3.63, 3.8) is 0 Å². The number of rotatable bonds is 7. The number of amides is 1. The molecule has 6 heteroatoms. The smallest absolute Gasteiger partial charge is 0.274 e. The molecule has 1 aliphatic carbocycles. The van der Waals surface area contributed by atoms with E-state index in [0.717, 1.165) is 80.9 Å². The quantitative estimate of drug-likeness (QED) is 0.577. The number of hydrogen-bond acceptors (Lipinski definition) is 4. The van der Waals surface area contributed by atoms with Gasteiger partial charge in [0.15, 0.2) is 5.69 Å². The first kappa shape index (κ1) is 22.7. The van der Waals surface area contributed by atoms with E-state index in [0.29, 0.717) is 11.7 Å². The van der Waals surface area contributed by atoms with Gasteiger partial charge in [-0.3, -0.25) is 4.79 Å². The number of aromatic nitrogens is 2. The highest BCUT2D eigenvalue weighted by Gasteiger charge is 2.32. The van der Waals surface area contributed by atoms with Crippen LogP contribution in [0, 0.1) is 0 Å². The summed E-state index contributed by atoms with van der Waals surface area (Å²) in [5, 5.41) is 8.66. The predicted molar refractivity (Wildman–Crippen MR) is 134 cm³/mol. The lowest BCUT2D eigenvalue weighted by Crippen LogP contribution is -2.38. The highest BCUT2D eigenvalue weighted by atomic mass is 16.5. The third kappa shape index (κ3) is 4.87. The monoisotopic (exact) mass is 458 g/mol. The Kier molecular flexibility index (Phi) is 6.95. The minimum Gasteiger partial charge on any atom is -0.497 e. The van der Waals surface area contributed by atoms with Crippen molar-refractivity contribution >= 4 is 5.91 Å². The first-order valence-electron chi connectivity index (χ1n) is 12.5. The molecule has 34 heavy (non-hydrogen) atoms. The number of hydrogen-bond donors (Lipinski definition) is 1. The standard InChI is InChI=1S/C28H34N4O2/c1-34-24-12-8-11-23(20-24)32-26-14-13-22(29-16-15-21-9-4-2-5-10-21)19-25(26)27(30-32)28(33)31-17-6-3-7-18-31/h2,4-5,8-12,20,22,29H,3,6-7,13-19H2,1H3. The second-order valence-corrected chi connectivity index (χ2v) is 9.37. The summed E-state index contributed by atoms with van der Waals surface area (Å²) in [5.41, 5.74) is 5.20. The predicted octanol–water partition coefficient (Wildman–Crippen LogP) is 4.20. The lowest BCUT2D eigenvalue weighted by molar-refractivity contribution is 0.0716. The second kappa shape index (κ2) is 10.4. The van der Waals surface area contributed by atoms with Crippen LogP contribution in [0.4, 0.5) is 0 Å². The highest BCUT2D eigenvalue weighted by Crippen LogP contribution is 2.29. The number of likely N-dealkylation sites (tertiary alicyclic amines) is 1. The number of fused-ring (bicyclic) bond motifs is 1. The van der Waals surface area contributed by atoms with Crippen LogP contribution < -0.4 is 10.1 Å². The van der Waals surface area contributed by atoms with Gasteiger partial charge >= 0.3 is 0 Å². The Hall–Kier alpha value is -3.12. The molecule has 0 saturated carbocycles. The maximum absolute atomic E-state index is 13.6. The third-order valence-corrected chi connectivity index (χ3v) is 7.10. The van der Waals surface area contributed by atoms with Gasteiger partial charge in [-0.15, -0.1) is 0 Å². The summed E-state index contributed by atoms with van der Waals surface area (Å²) in [4.78, 5) is 15.5. The molecule has 1 amide bonds. The van der Waals surface area contributed by atoms with Crippen LogP contribution in [0.15, 0.2) is 54.6 Å². The van der Waals surface area contributed by atoms with Crippen LogP contribution in [0.3, 0.4) is 0 Å². The summed E-state index contributed by atoms with van der Waals surface area (Å²) in [5.74, 6) is 0.879. The van der Waals surface area contributed by atoms with Gasteiger partial charge in [-0.2, -0.15) is 5.10 Å². The Morgan fingerprint density at radius 3 is 2.71 bits per heavy atom. The molecule has 3 aromatic rings. The van der Waals surface area contributed by atoms with Crippen molar-refractivity contribution in [1.29, 1.82) is 0 Å². The summed E-state index contributed by atoms with van der Waals surface area (Å²) >= 11 is 0. The van der Waals surface area contributed by atoms with E-state index < -0.39 is 0 Å². The molecule has 0 spiro atoms. The summed E-state index contributed by atoms with van der Waals surface area (Å²) in [6.07, 6.45) is 7.14. The summed E-state index contributed by atoms with van der Waals surface area (Å²) in [7, 11) is 1.68. The highest BCUT2D eigenvalue weighted by molar-refractivity contribution is 5.94. The molecule has 1 atom stereocenters. The molecule has 1 saturated heterocycles. The number of carbonyl (C=O) groups is 1. The first-order valence-corrected chi connectivity index (χ1v) is 12.5. The van der Waals surface area contributed by atoms with Crippen molar-refractivity contribution in [2.45, 2.75) is 51.0 Å². The number of carbonyl (C=O) groups excluding carboxylic acids is 1. The number of nitrogens with one attached hydrogen (secondary N) is 1. The summed E-state index contributed by atoms with van der Waals surface area (Å²) in [6, 6.07) is 18.9. The summed E-state index contributed by atoms with van der Waals surface area (Å²) in [6.45, 7) is 2.60. The van der Waals surface area contributed by atoms with Gasteiger partial charge in [-0.1, -0.05) is 36.4 Å². The SMILES string of the molecule is COc1cccc(-n2nc(C(=O)N3CCCCC3)c3c2CCC(NCCc2ccccc2)C3)c1. The van der Waals surface area contributed by atoms with Gasteiger partial charge in [0.1, 0.15) is 5.75 Å². The van der Waals surface area contributed by atoms with Crippen molar-refractivity contribution in [2.75, 3.05) is 26.7 Å². The molecule has 178 valence electrons. The molecule has 2 aliphatic rings. The van der Waals surface area contributed by atoms with Gasteiger partial charge in [0.25, 0.3) is 5.91 Å². The van der Waals surface area contributed by atoms with E-state index in [4.69, 9.17) is 9.84 Å². The molecule has 2 heterocycles. The number of ether oxygens (including phenoxy) is 1. The molecule has 1 N–H and O–H groups in total. The van der Waals surface area contributed by atoms with Crippen molar-refractivity contribution < 1.29 is 9.53 Å². The molecule has 1 unspecified atom stereocenters. The van der Waals surface area contributed by atoms with Gasteiger partial charge in [0, 0.05) is 36.5 Å². The van der Waals surface area contributed by atoms with E-state index >= 15 is 0 Å². The zero-order valence-electron chi connectivity index (χ0n) is 20.0. The Morgan fingerprint density at radius 2 is 1.91 bits per heavy atom. The van der Waals surface area contributed by atoms with Crippen LogP contribution in [0.5, 0.6) is 5.75 Å². The van der Waals surface area contributed by atoms with E-state index in [2.05, 4.69) is 35.6 Å². The maximum atomic E-state index is 13.6. The van der Waals surface area contributed by atoms with E-state index in [-0.39, 0.29) is 5.91 Å². The Labute approximate surface area is 201 Å². The molecule has 5 rings (SSSR count). The number of nitrogens with zero attached hydrogens (tertiary/aromatic N) is 3. The van der Waals surface area contributed by atoms with Crippen molar-refractivity contribution in [3.8, 4) is 11.4 Å². The fraction of sp³-hybridized carbons (Fsp3) is 0.429. The molecule has 1 fully saturated rings. The zero-order chi connectivity index (χ0) is 23.3. The average Bonchev–Trinajstić information content (AvgIpc) is 3.28.